The van der Waals surface area contributed by atoms with Crippen LogP contribution in [0.25, 0.3) is 0 Å². The van der Waals surface area contributed by atoms with Gasteiger partial charge in [-0.05, 0) is 30.6 Å². The largest absolute Gasteiger partial charge is 0.490 e. The molecule has 11 heteroatoms. The molecule has 1 aliphatic carbocycles. The van der Waals surface area contributed by atoms with Gasteiger partial charge in [-0.15, -0.1) is 11.3 Å². The standard InChI is InChI=1S/C16H23N3O2S.C2HF3O2/c20-15(18-13-1-2-13)5-11-9-21-10-12-6-19(7-14(11)12)8-16-17-3-4-22-16;3-2(4,5)1(6)7/h3-4,11-14H,1-2,5-10H2,(H,18,20);(H,6,7)/t11-,12-,14+;/m1./s1. The molecule has 2 saturated heterocycles. The molecule has 2 N–H and O–H groups in total. The van der Waals surface area contributed by atoms with Gasteiger partial charge in [0.05, 0.1) is 19.8 Å². The maximum absolute atomic E-state index is 12.1. The summed E-state index contributed by atoms with van der Waals surface area (Å²) in [5.41, 5.74) is 0. The highest BCUT2D eigenvalue weighted by molar-refractivity contribution is 7.09. The molecule has 1 saturated carbocycles. The smallest absolute Gasteiger partial charge is 0.475 e. The number of nitrogens with zero attached hydrogens (tertiary/aromatic N) is 2. The summed E-state index contributed by atoms with van der Waals surface area (Å²) in [6.07, 6.45) is -0.277. The average Bonchev–Trinajstić information content (AvgIpc) is 3.13. The summed E-state index contributed by atoms with van der Waals surface area (Å²) in [6, 6.07) is 0.456. The third-order valence-corrected chi connectivity index (χ3v) is 6.08. The summed E-state index contributed by atoms with van der Waals surface area (Å²) in [5, 5.41) is 13.5. The number of hydrogen-bond acceptors (Lipinski definition) is 6. The highest BCUT2D eigenvalue weighted by atomic mass is 32.1. The maximum atomic E-state index is 12.1. The van der Waals surface area contributed by atoms with Crippen LogP contribution in [0.5, 0.6) is 0 Å². The van der Waals surface area contributed by atoms with E-state index in [0.29, 0.717) is 30.2 Å². The number of carboxylic acids is 1. The van der Waals surface area contributed by atoms with Gasteiger partial charge in [-0.3, -0.25) is 9.69 Å². The van der Waals surface area contributed by atoms with Crippen LogP contribution in [0.1, 0.15) is 24.3 Å². The third kappa shape index (κ3) is 6.65. The molecule has 0 aromatic carbocycles. The zero-order chi connectivity index (χ0) is 21.0. The lowest BCUT2D eigenvalue weighted by Gasteiger charge is -2.32. The van der Waals surface area contributed by atoms with Crippen LogP contribution in [0.2, 0.25) is 0 Å². The number of halogens is 3. The van der Waals surface area contributed by atoms with Crippen molar-refractivity contribution in [1.82, 2.24) is 15.2 Å². The number of aromatic nitrogens is 1. The van der Waals surface area contributed by atoms with Crippen molar-refractivity contribution in [2.45, 2.75) is 38.0 Å². The number of amides is 1. The van der Waals surface area contributed by atoms with Gasteiger partial charge in [-0.1, -0.05) is 0 Å². The second kappa shape index (κ2) is 9.40. The van der Waals surface area contributed by atoms with Gasteiger partial charge in [0, 0.05) is 37.1 Å². The molecule has 1 amide bonds. The van der Waals surface area contributed by atoms with Crippen LogP contribution >= 0.6 is 11.3 Å². The summed E-state index contributed by atoms with van der Waals surface area (Å²) in [4.78, 5) is 27.9. The Bertz CT molecular complexity index is 697. The number of carbonyl (C=O) groups excluding carboxylic acids is 1. The van der Waals surface area contributed by atoms with Crippen LogP contribution in [0, 0.1) is 17.8 Å². The van der Waals surface area contributed by atoms with Crippen LogP contribution in [0.15, 0.2) is 11.6 Å². The highest BCUT2D eigenvalue weighted by Crippen LogP contribution is 2.36. The van der Waals surface area contributed by atoms with Crippen molar-refractivity contribution in [3.05, 3.63) is 16.6 Å². The number of thiazole rings is 1. The summed E-state index contributed by atoms with van der Waals surface area (Å²) in [6.45, 7) is 4.68. The molecule has 1 aromatic rings. The highest BCUT2D eigenvalue weighted by Gasteiger charge is 2.42. The first-order chi connectivity index (χ1) is 13.7. The second-order valence-electron chi connectivity index (χ2n) is 7.69. The molecule has 7 nitrogen and oxygen atoms in total. The van der Waals surface area contributed by atoms with Gasteiger partial charge >= 0.3 is 12.1 Å². The van der Waals surface area contributed by atoms with Crippen molar-refractivity contribution in [3.63, 3.8) is 0 Å². The van der Waals surface area contributed by atoms with Crippen LogP contribution in [-0.4, -0.2) is 65.4 Å². The van der Waals surface area contributed by atoms with Crippen molar-refractivity contribution in [3.8, 4) is 0 Å². The Morgan fingerprint density at radius 2 is 2.03 bits per heavy atom. The quantitative estimate of drug-likeness (QED) is 0.737. The molecule has 0 bridgehead atoms. The molecule has 0 radical (unpaired) electrons. The monoisotopic (exact) mass is 435 g/mol. The Morgan fingerprint density at radius 3 is 2.62 bits per heavy atom. The molecule has 0 spiro atoms. The van der Waals surface area contributed by atoms with Crippen molar-refractivity contribution < 1.29 is 32.6 Å². The molecular formula is C18H24F3N3O4S. The minimum absolute atomic E-state index is 0.218. The van der Waals surface area contributed by atoms with E-state index in [-0.39, 0.29) is 5.91 Å². The second-order valence-corrected chi connectivity index (χ2v) is 8.67. The number of likely N-dealkylation sites (tertiary alicyclic amines) is 1. The Morgan fingerprint density at radius 1 is 1.31 bits per heavy atom. The van der Waals surface area contributed by atoms with E-state index in [1.165, 1.54) is 5.01 Å². The molecule has 3 aliphatic rings. The maximum Gasteiger partial charge on any atom is 0.490 e. The fourth-order valence-electron chi connectivity index (χ4n) is 3.81. The Kier molecular flexibility index (Phi) is 7.12. The van der Waals surface area contributed by atoms with Gasteiger partial charge in [0.15, 0.2) is 0 Å². The Labute approximate surface area is 170 Å². The molecule has 3 fully saturated rings. The third-order valence-electron chi connectivity index (χ3n) is 5.31. The normalized spacial score (nSPS) is 26.9. The van der Waals surface area contributed by atoms with Crippen LogP contribution in [-0.2, 0) is 20.9 Å². The molecular weight excluding hydrogens is 411 g/mol. The van der Waals surface area contributed by atoms with E-state index < -0.39 is 12.1 Å². The van der Waals surface area contributed by atoms with Gasteiger partial charge in [-0.2, -0.15) is 13.2 Å². The fraction of sp³-hybridized carbons (Fsp3) is 0.722. The molecule has 162 valence electrons. The van der Waals surface area contributed by atoms with E-state index in [1.807, 2.05) is 11.6 Å². The molecule has 2 aliphatic heterocycles. The first-order valence-corrected chi connectivity index (χ1v) is 10.4. The molecule has 0 unspecified atom stereocenters. The fourth-order valence-corrected chi connectivity index (χ4v) is 4.47. The molecule has 3 heterocycles. The van der Waals surface area contributed by atoms with Crippen LogP contribution in [0.4, 0.5) is 13.2 Å². The van der Waals surface area contributed by atoms with E-state index >= 15 is 0 Å². The van der Waals surface area contributed by atoms with Crippen molar-refractivity contribution >= 4 is 23.2 Å². The lowest BCUT2D eigenvalue weighted by molar-refractivity contribution is -0.192. The summed E-state index contributed by atoms with van der Waals surface area (Å²) < 4.78 is 37.5. The zero-order valence-corrected chi connectivity index (χ0v) is 16.5. The van der Waals surface area contributed by atoms with E-state index in [9.17, 15) is 18.0 Å². The van der Waals surface area contributed by atoms with Crippen molar-refractivity contribution in [2.24, 2.45) is 17.8 Å². The van der Waals surface area contributed by atoms with E-state index in [2.05, 4.69) is 15.2 Å². The van der Waals surface area contributed by atoms with Crippen molar-refractivity contribution in [1.29, 1.82) is 0 Å². The number of carbonyl (C=O) groups is 2. The van der Waals surface area contributed by atoms with E-state index in [0.717, 1.165) is 45.7 Å². The topological polar surface area (TPSA) is 91.8 Å². The number of alkyl halides is 3. The minimum Gasteiger partial charge on any atom is -0.475 e. The van der Waals surface area contributed by atoms with E-state index in [1.54, 1.807) is 11.3 Å². The number of ether oxygens (including phenoxy) is 1. The van der Waals surface area contributed by atoms with Gasteiger partial charge in [-0.25, -0.2) is 9.78 Å². The van der Waals surface area contributed by atoms with Gasteiger partial charge < -0.3 is 15.2 Å². The number of aliphatic carboxylic acids is 1. The summed E-state index contributed by atoms with van der Waals surface area (Å²) in [5.74, 6) is -0.993. The predicted molar refractivity (Wildman–Crippen MR) is 98.2 cm³/mol. The Hall–Kier alpha value is -1.72. The lowest BCUT2D eigenvalue weighted by atomic mass is 9.81. The first-order valence-electron chi connectivity index (χ1n) is 9.50. The number of fused-ring (bicyclic) bond motifs is 1. The van der Waals surface area contributed by atoms with Crippen LogP contribution in [0.3, 0.4) is 0 Å². The van der Waals surface area contributed by atoms with Gasteiger partial charge in [0.2, 0.25) is 5.91 Å². The van der Waals surface area contributed by atoms with Crippen molar-refractivity contribution in [2.75, 3.05) is 26.3 Å². The zero-order valence-electron chi connectivity index (χ0n) is 15.7. The molecule has 3 atom stereocenters. The number of carboxylic acid groups (broad SMARTS) is 1. The molecule has 29 heavy (non-hydrogen) atoms. The summed E-state index contributed by atoms with van der Waals surface area (Å²) in [7, 11) is 0. The first kappa shape index (κ1) is 22.0. The van der Waals surface area contributed by atoms with E-state index in [4.69, 9.17) is 14.6 Å². The predicted octanol–water partition coefficient (Wildman–Crippen LogP) is 2.14. The minimum atomic E-state index is -5.08. The number of rotatable bonds is 5. The number of hydrogen-bond donors (Lipinski definition) is 2. The van der Waals surface area contributed by atoms with Gasteiger partial charge in [0.25, 0.3) is 0 Å². The molecule has 4 rings (SSSR count). The lowest BCUT2D eigenvalue weighted by Crippen LogP contribution is -2.38. The molecule has 1 aromatic heterocycles. The average molecular weight is 435 g/mol. The number of nitrogens with one attached hydrogen (secondary N) is 1. The van der Waals surface area contributed by atoms with Gasteiger partial charge in [0.1, 0.15) is 5.01 Å². The van der Waals surface area contributed by atoms with Crippen LogP contribution < -0.4 is 5.32 Å². The SMILES string of the molecule is O=C(C[C@@H]1COC[C@H]2CN(Cc3nccs3)C[C@@H]12)NC1CC1.O=C(O)C(F)(F)F. The summed E-state index contributed by atoms with van der Waals surface area (Å²) >= 11 is 1.72. The Balaban J connectivity index is 0.000000298.